The molecular weight excluding hydrogens is 300 g/mol. The molecule has 4 heteroatoms. The number of ether oxygens (including phenoxy) is 2. The van der Waals surface area contributed by atoms with Gasteiger partial charge in [-0.2, -0.15) is 0 Å². The lowest BCUT2D eigenvalue weighted by Crippen LogP contribution is -2.05. The first kappa shape index (κ1) is 16.1. The van der Waals surface area contributed by atoms with Gasteiger partial charge >= 0.3 is 0 Å². The Morgan fingerprint density at radius 3 is 2.33 bits per heavy atom. The highest BCUT2D eigenvalue weighted by Crippen LogP contribution is 2.28. The number of nitrogens with zero attached hydrogens (tertiary/aromatic N) is 2. The van der Waals surface area contributed by atoms with Crippen LogP contribution in [-0.2, 0) is 6.61 Å². The molecule has 0 saturated carbocycles. The van der Waals surface area contributed by atoms with Crippen molar-refractivity contribution in [2.75, 3.05) is 7.11 Å². The maximum Gasteiger partial charge on any atom is 0.233 e. The second-order valence-corrected chi connectivity index (χ2v) is 5.91. The van der Waals surface area contributed by atoms with Gasteiger partial charge in [0.2, 0.25) is 5.88 Å². The fraction of sp³-hybridized carbons (Fsp3) is 0.250. The number of aromatic nitrogens is 2. The molecule has 0 saturated heterocycles. The fourth-order valence-electron chi connectivity index (χ4n) is 2.55. The first-order chi connectivity index (χ1) is 11.7. The second kappa shape index (κ2) is 7.21. The average Bonchev–Trinajstić information content (AvgIpc) is 3.05. The third kappa shape index (κ3) is 3.59. The molecule has 24 heavy (non-hydrogen) atoms. The molecule has 0 amide bonds. The van der Waals surface area contributed by atoms with Crippen molar-refractivity contribution < 1.29 is 9.47 Å². The van der Waals surface area contributed by atoms with Crippen LogP contribution in [0.5, 0.6) is 11.6 Å². The van der Waals surface area contributed by atoms with Crippen LogP contribution in [-0.4, -0.2) is 16.9 Å². The Balaban J connectivity index is 1.84. The van der Waals surface area contributed by atoms with Crippen molar-refractivity contribution in [2.24, 2.45) is 0 Å². The Bertz CT molecular complexity index is 777. The molecule has 0 aliphatic carbocycles. The zero-order chi connectivity index (χ0) is 16.9. The van der Waals surface area contributed by atoms with Gasteiger partial charge in [-0.25, -0.2) is 0 Å². The van der Waals surface area contributed by atoms with Crippen LogP contribution < -0.4 is 9.47 Å². The minimum atomic E-state index is 0.246. The molecule has 0 aliphatic heterocycles. The quantitative estimate of drug-likeness (QED) is 0.659. The third-order valence-electron chi connectivity index (χ3n) is 3.82. The number of hydrogen-bond donors (Lipinski definition) is 0. The lowest BCUT2D eigenvalue weighted by atomic mass is 10.1. The minimum absolute atomic E-state index is 0.246. The summed E-state index contributed by atoms with van der Waals surface area (Å²) in [5, 5.41) is 4.61. The molecular formula is C20H22N2O2. The van der Waals surface area contributed by atoms with Gasteiger partial charge in [0.1, 0.15) is 12.4 Å². The molecule has 124 valence electrons. The van der Waals surface area contributed by atoms with Crippen LogP contribution in [0.1, 0.15) is 25.5 Å². The van der Waals surface area contributed by atoms with Gasteiger partial charge < -0.3 is 9.47 Å². The molecule has 4 nitrogen and oxygen atoms in total. The van der Waals surface area contributed by atoms with Crippen LogP contribution >= 0.6 is 0 Å². The van der Waals surface area contributed by atoms with Crippen LogP contribution in [0.25, 0.3) is 11.3 Å². The largest absolute Gasteiger partial charge is 0.497 e. The van der Waals surface area contributed by atoms with E-state index in [1.165, 1.54) is 0 Å². The van der Waals surface area contributed by atoms with E-state index >= 15 is 0 Å². The Morgan fingerprint density at radius 2 is 1.71 bits per heavy atom. The molecule has 3 rings (SSSR count). The van der Waals surface area contributed by atoms with Crippen molar-refractivity contribution in [1.82, 2.24) is 9.78 Å². The lowest BCUT2D eigenvalue weighted by Gasteiger charge is -2.11. The lowest BCUT2D eigenvalue weighted by molar-refractivity contribution is 0.288. The van der Waals surface area contributed by atoms with Gasteiger partial charge in [0.15, 0.2) is 0 Å². The highest BCUT2D eigenvalue weighted by molar-refractivity contribution is 5.62. The zero-order valence-electron chi connectivity index (χ0n) is 14.3. The highest BCUT2D eigenvalue weighted by atomic mass is 16.5. The van der Waals surface area contributed by atoms with E-state index in [0.29, 0.717) is 12.5 Å². The van der Waals surface area contributed by atoms with E-state index in [4.69, 9.17) is 9.47 Å². The van der Waals surface area contributed by atoms with Gasteiger partial charge in [-0.1, -0.05) is 30.3 Å². The maximum atomic E-state index is 5.87. The molecule has 0 fully saturated rings. The summed E-state index contributed by atoms with van der Waals surface area (Å²) in [6.07, 6.45) is 0. The number of benzene rings is 2. The third-order valence-corrected chi connectivity index (χ3v) is 3.82. The van der Waals surface area contributed by atoms with E-state index in [0.717, 1.165) is 22.6 Å². The molecule has 1 aromatic heterocycles. The maximum absolute atomic E-state index is 5.87. The summed E-state index contributed by atoms with van der Waals surface area (Å²) in [5.74, 6) is 1.48. The van der Waals surface area contributed by atoms with Crippen LogP contribution in [0.3, 0.4) is 0 Å². The van der Waals surface area contributed by atoms with Crippen molar-refractivity contribution in [2.45, 2.75) is 26.5 Å². The van der Waals surface area contributed by atoms with Gasteiger partial charge in [-0.3, -0.25) is 4.68 Å². The Kier molecular flexibility index (Phi) is 4.85. The molecule has 0 radical (unpaired) electrons. The van der Waals surface area contributed by atoms with Crippen molar-refractivity contribution in [1.29, 1.82) is 0 Å². The van der Waals surface area contributed by atoms with E-state index in [1.807, 2.05) is 65.3 Å². The predicted molar refractivity (Wildman–Crippen MR) is 95.4 cm³/mol. The second-order valence-electron chi connectivity index (χ2n) is 5.91. The van der Waals surface area contributed by atoms with E-state index in [1.54, 1.807) is 7.11 Å². The number of hydrogen-bond acceptors (Lipinski definition) is 3. The SMILES string of the molecule is COc1ccc(-c2cc(OCc3ccccc3)nn2C(C)C)cc1. The minimum Gasteiger partial charge on any atom is -0.497 e. The van der Waals surface area contributed by atoms with E-state index in [2.05, 4.69) is 18.9 Å². The van der Waals surface area contributed by atoms with Gasteiger partial charge in [0, 0.05) is 17.7 Å². The van der Waals surface area contributed by atoms with Gasteiger partial charge in [-0.15, -0.1) is 5.10 Å². The summed E-state index contributed by atoms with van der Waals surface area (Å²) >= 11 is 0. The van der Waals surface area contributed by atoms with Crippen molar-refractivity contribution in [3.63, 3.8) is 0 Å². The first-order valence-corrected chi connectivity index (χ1v) is 8.08. The average molecular weight is 322 g/mol. The number of methoxy groups -OCH3 is 1. The molecule has 0 atom stereocenters. The smallest absolute Gasteiger partial charge is 0.233 e. The summed E-state index contributed by atoms with van der Waals surface area (Å²) in [7, 11) is 1.67. The first-order valence-electron chi connectivity index (χ1n) is 8.08. The van der Waals surface area contributed by atoms with Crippen LogP contribution in [0.2, 0.25) is 0 Å². The summed E-state index contributed by atoms with van der Waals surface area (Å²) in [4.78, 5) is 0. The summed E-state index contributed by atoms with van der Waals surface area (Å²) in [6, 6.07) is 20.3. The van der Waals surface area contributed by atoms with E-state index in [-0.39, 0.29) is 6.04 Å². The molecule has 1 heterocycles. The molecule has 0 aliphatic rings. The van der Waals surface area contributed by atoms with Gasteiger partial charge in [0.25, 0.3) is 0 Å². The Morgan fingerprint density at radius 1 is 1.00 bits per heavy atom. The van der Waals surface area contributed by atoms with E-state index < -0.39 is 0 Å². The van der Waals surface area contributed by atoms with Gasteiger partial charge in [0.05, 0.1) is 12.8 Å². The van der Waals surface area contributed by atoms with Gasteiger partial charge in [-0.05, 0) is 43.7 Å². The molecule has 3 aromatic rings. The summed E-state index contributed by atoms with van der Waals surface area (Å²) in [6.45, 7) is 4.74. The van der Waals surface area contributed by atoms with Crippen molar-refractivity contribution in [3.8, 4) is 22.9 Å². The highest BCUT2D eigenvalue weighted by Gasteiger charge is 2.13. The molecule has 0 N–H and O–H groups in total. The molecule has 0 unspecified atom stereocenters. The molecule has 2 aromatic carbocycles. The molecule has 0 spiro atoms. The standard InChI is InChI=1S/C20H22N2O2/c1-15(2)22-19(17-9-11-18(23-3)12-10-17)13-20(21-22)24-14-16-7-5-4-6-8-16/h4-13,15H,14H2,1-3H3. The van der Waals surface area contributed by atoms with E-state index in [9.17, 15) is 0 Å². The Labute approximate surface area is 142 Å². The van der Waals surface area contributed by atoms with Crippen LogP contribution in [0.15, 0.2) is 60.7 Å². The Hall–Kier alpha value is -2.75. The van der Waals surface area contributed by atoms with Crippen molar-refractivity contribution >= 4 is 0 Å². The predicted octanol–water partition coefficient (Wildman–Crippen LogP) is 4.72. The zero-order valence-corrected chi connectivity index (χ0v) is 14.3. The van der Waals surface area contributed by atoms with Crippen LogP contribution in [0.4, 0.5) is 0 Å². The summed E-state index contributed by atoms with van der Waals surface area (Å²) in [5.41, 5.74) is 3.25. The van der Waals surface area contributed by atoms with Crippen molar-refractivity contribution in [3.05, 3.63) is 66.2 Å². The monoisotopic (exact) mass is 322 g/mol. The fourth-order valence-corrected chi connectivity index (χ4v) is 2.55. The summed E-state index contributed by atoms with van der Waals surface area (Å²) < 4.78 is 13.1. The topological polar surface area (TPSA) is 36.3 Å². The molecule has 0 bridgehead atoms. The number of rotatable bonds is 6. The van der Waals surface area contributed by atoms with Crippen LogP contribution in [0, 0.1) is 0 Å². The normalized spacial score (nSPS) is 10.8.